The molecule has 1 aliphatic rings. The molecule has 0 fully saturated rings. The third-order valence-corrected chi connectivity index (χ3v) is 3.03. The van der Waals surface area contributed by atoms with E-state index in [9.17, 15) is 0 Å². The van der Waals surface area contributed by atoms with Gasteiger partial charge in [-0.15, -0.1) is 0 Å². The van der Waals surface area contributed by atoms with Gasteiger partial charge in [0.15, 0.2) is 0 Å². The number of allylic oxidation sites excluding steroid dienone is 6. The number of hydrogen-bond donors (Lipinski definition) is 0. The third-order valence-electron chi connectivity index (χ3n) is 2.10. The van der Waals surface area contributed by atoms with Gasteiger partial charge in [0.1, 0.15) is 0 Å². The van der Waals surface area contributed by atoms with Gasteiger partial charge in [0.05, 0.1) is 0 Å². The smallest absolute Gasteiger partial charge is 0.00173 e. The van der Waals surface area contributed by atoms with Gasteiger partial charge in [0.2, 0.25) is 0 Å². The first-order valence-corrected chi connectivity index (χ1v) is 5.57. The van der Waals surface area contributed by atoms with Crippen molar-refractivity contribution in [2.45, 2.75) is 13.3 Å². The van der Waals surface area contributed by atoms with Gasteiger partial charge in [-0.1, -0.05) is 39.5 Å². The summed E-state index contributed by atoms with van der Waals surface area (Å²) >= 11 is 0. The van der Waals surface area contributed by atoms with Crippen LogP contribution in [0, 0.1) is 0 Å². The minimum absolute atomic E-state index is 0.823. The number of rotatable bonds is 3. The Morgan fingerprint density at radius 3 is 2.33 bits per heavy atom. The monoisotopic (exact) mass is 178 g/mol. The largest absolute Gasteiger partial charge is 0.0958 e. The molecule has 0 radical (unpaired) electrons. The van der Waals surface area contributed by atoms with E-state index in [2.05, 4.69) is 38.9 Å². The standard InChI is InChI=1S/C11H15P/c1-8(2)10-5-6-11(7-10)9(3)12-4/h5-6,12H,1,3,7H2,2,4H3. The normalized spacial score (nSPS) is 16.5. The highest BCUT2D eigenvalue weighted by Gasteiger charge is 2.09. The Kier molecular flexibility index (Phi) is 3.05. The minimum Gasteiger partial charge on any atom is -0.0958 e. The third kappa shape index (κ3) is 1.95. The maximum atomic E-state index is 4.03. The summed E-state index contributed by atoms with van der Waals surface area (Å²) in [7, 11) is 0.823. The Hall–Kier alpha value is -0.610. The molecule has 1 aliphatic carbocycles. The molecule has 1 rings (SSSR count). The maximum absolute atomic E-state index is 4.03. The van der Waals surface area contributed by atoms with Crippen molar-refractivity contribution in [3.8, 4) is 0 Å². The van der Waals surface area contributed by atoms with Crippen LogP contribution in [0.2, 0.25) is 0 Å². The van der Waals surface area contributed by atoms with Crippen molar-refractivity contribution in [2.75, 3.05) is 6.66 Å². The maximum Gasteiger partial charge on any atom is -0.00173 e. The first-order chi connectivity index (χ1) is 5.65. The van der Waals surface area contributed by atoms with Gasteiger partial charge in [0, 0.05) is 0 Å². The van der Waals surface area contributed by atoms with E-state index in [0.29, 0.717) is 0 Å². The van der Waals surface area contributed by atoms with Crippen LogP contribution in [0.15, 0.2) is 47.3 Å². The fraction of sp³-hybridized carbons (Fsp3) is 0.273. The molecule has 1 unspecified atom stereocenters. The van der Waals surface area contributed by atoms with E-state index in [1.807, 2.05) is 0 Å². The molecule has 1 heteroatoms. The van der Waals surface area contributed by atoms with Crippen molar-refractivity contribution in [2.24, 2.45) is 0 Å². The molecular weight excluding hydrogens is 163 g/mol. The molecule has 0 N–H and O–H groups in total. The summed E-state index contributed by atoms with van der Waals surface area (Å²) in [5.74, 6) is 0. The molecule has 0 nitrogen and oxygen atoms in total. The summed E-state index contributed by atoms with van der Waals surface area (Å²) < 4.78 is 0. The van der Waals surface area contributed by atoms with Gasteiger partial charge in [-0.05, 0) is 36.5 Å². The molecule has 0 saturated carbocycles. The molecule has 0 amide bonds. The molecule has 1 atom stereocenters. The zero-order valence-corrected chi connectivity index (χ0v) is 8.78. The second-order valence-corrected chi connectivity index (χ2v) is 4.17. The van der Waals surface area contributed by atoms with Crippen molar-refractivity contribution in [3.05, 3.63) is 47.3 Å². The highest BCUT2D eigenvalue weighted by atomic mass is 31.1. The zero-order chi connectivity index (χ0) is 9.14. The van der Waals surface area contributed by atoms with Gasteiger partial charge in [0.25, 0.3) is 0 Å². The SMILES string of the molecule is C=C(C)C1=CC=C(C(=C)PC)C1. The lowest BCUT2D eigenvalue weighted by Crippen LogP contribution is -1.83. The Balaban J connectivity index is 2.62. The summed E-state index contributed by atoms with van der Waals surface area (Å²) in [5, 5.41) is 1.28. The fourth-order valence-electron chi connectivity index (χ4n) is 1.19. The van der Waals surface area contributed by atoms with Gasteiger partial charge in [-0.25, -0.2) is 0 Å². The Morgan fingerprint density at radius 2 is 1.92 bits per heavy atom. The molecule has 0 bridgehead atoms. The van der Waals surface area contributed by atoms with Crippen LogP contribution in [0.3, 0.4) is 0 Å². The van der Waals surface area contributed by atoms with Crippen LogP contribution < -0.4 is 0 Å². The average molecular weight is 178 g/mol. The molecule has 0 aromatic carbocycles. The Labute approximate surface area is 76.5 Å². The molecular formula is C11H15P. The molecule has 0 aromatic heterocycles. The summed E-state index contributed by atoms with van der Waals surface area (Å²) in [4.78, 5) is 0. The Morgan fingerprint density at radius 1 is 1.33 bits per heavy atom. The van der Waals surface area contributed by atoms with E-state index in [0.717, 1.165) is 15.0 Å². The highest BCUT2D eigenvalue weighted by Crippen LogP contribution is 2.34. The minimum atomic E-state index is 0.823. The van der Waals surface area contributed by atoms with Crippen LogP contribution in [0.4, 0.5) is 0 Å². The molecule has 64 valence electrons. The van der Waals surface area contributed by atoms with E-state index in [1.54, 1.807) is 0 Å². The zero-order valence-electron chi connectivity index (χ0n) is 7.78. The second kappa shape index (κ2) is 3.87. The van der Waals surface area contributed by atoms with Crippen LogP contribution in [0.5, 0.6) is 0 Å². The van der Waals surface area contributed by atoms with Crippen molar-refractivity contribution < 1.29 is 0 Å². The summed E-state index contributed by atoms with van der Waals surface area (Å²) in [5.41, 5.74) is 3.91. The summed E-state index contributed by atoms with van der Waals surface area (Å²) in [6.07, 6.45) is 5.36. The molecule has 0 aliphatic heterocycles. The topological polar surface area (TPSA) is 0 Å². The van der Waals surface area contributed by atoms with Crippen molar-refractivity contribution in [1.29, 1.82) is 0 Å². The molecule has 0 saturated heterocycles. The van der Waals surface area contributed by atoms with Crippen LogP contribution in [-0.4, -0.2) is 6.66 Å². The van der Waals surface area contributed by atoms with E-state index in [1.165, 1.54) is 22.0 Å². The molecule has 12 heavy (non-hydrogen) atoms. The van der Waals surface area contributed by atoms with Crippen molar-refractivity contribution in [3.63, 3.8) is 0 Å². The summed E-state index contributed by atoms with van der Waals surface area (Å²) in [6.45, 7) is 12.2. The fourth-order valence-corrected chi connectivity index (χ4v) is 1.68. The first kappa shape index (κ1) is 9.48. The van der Waals surface area contributed by atoms with Crippen LogP contribution >= 0.6 is 8.58 Å². The molecule has 0 spiro atoms. The molecule has 0 heterocycles. The van der Waals surface area contributed by atoms with Crippen LogP contribution in [0.1, 0.15) is 13.3 Å². The lowest BCUT2D eigenvalue weighted by Gasteiger charge is -2.05. The average Bonchev–Trinajstić information content (AvgIpc) is 2.51. The quantitative estimate of drug-likeness (QED) is 0.579. The summed E-state index contributed by atoms with van der Waals surface area (Å²) in [6, 6.07) is 0. The van der Waals surface area contributed by atoms with E-state index in [4.69, 9.17) is 0 Å². The Bertz CT molecular complexity index is 279. The first-order valence-electron chi connectivity index (χ1n) is 4.07. The predicted octanol–water partition coefficient (Wildman–Crippen LogP) is 3.64. The lowest BCUT2D eigenvalue weighted by molar-refractivity contribution is 1.19. The van der Waals surface area contributed by atoms with E-state index < -0.39 is 0 Å². The van der Waals surface area contributed by atoms with Crippen LogP contribution in [0.25, 0.3) is 0 Å². The van der Waals surface area contributed by atoms with Crippen molar-refractivity contribution in [1.82, 2.24) is 0 Å². The van der Waals surface area contributed by atoms with Gasteiger partial charge < -0.3 is 0 Å². The van der Waals surface area contributed by atoms with Gasteiger partial charge in [-0.3, -0.25) is 0 Å². The lowest BCUT2D eigenvalue weighted by atomic mass is 10.1. The van der Waals surface area contributed by atoms with E-state index >= 15 is 0 Å². The van der Waals surface area contributed by atoms with Gasteiger partial charge in [-0.2, -0.15) is 0 Å². The van der Waals surface area contributed by atoms with E-state index in [-0.39, 0.29) is 0 Å². The highest BCUT2D eigenvalue weighted by molar-refractivity contribution is 7.42. The molecule has 0 aromatic rings. The van der Waals surface area contributed by atoms with Crippen LogP contribution in [-0.2, 0) is 0 Å². The van der Waals surface area contributed by atoms with Gasteiger partial charge >= 0.3 is 0 Å². The second-order valence-electron chi connectivity index (χ2n) is 3.07. The number of hydrogen-bond acceptors (Lipinski definition) is 0. The van der Waals surface area contributed by atoms with Crippen molar-refractivity contribution >= 4 is 8.58 Å². The predicted molar refractivity (Wildman–Crippen MR) is 59.0 cm³/mol.